The molecule has 2 atom stereocenters. The second-order valence-electron chi connectivity index (χ2n) is 7.59. The fourth-order valence-corrected chi connectivity index (χ4v) is 2.73. The number of carbonyl (C=O) groups is 1. The zero-order valence-corrected chi connectivity index (χ0v) is 15.5. The zero-order valence-electron chi connectivity index (χ0n) is 15.5. The molecular formula is C22H28O3. The third-order valence-electron chi connectivity index (χ3n) is 3.97. The number of ether oxygens (including phenoxy) is 1. The summed E-state index contributed by atoms with van der Waals surface area (Å²) in [5, 5.41) is 10.3. The highest BCUT2D eigenvalue weighted by molar-refractivity contribution is 5.72. The monoisotopic (exact) mass is 340 g/mol. The Balaban J connectivity index is 1.90. The average Bonchev–Trinajstić information content (AvgIpc) is 2.54. The second kappa shape index (κ2) is 8.30. The van der Waals surface area contributed by atoms with Crippen LogP contribution in [-0.2, 0) is 16.0 Å². The first-order valence-corrected chi connectivity index (χ1v) is 8.80. The highest BCUT2D eigenvalue weighted by Crippen LogP contribution is 2.21. The van der Waals surface area contributed by atoms with E-state index in [-0.39, 0.29) is 11.9 Å². The van der Waals surface area contributed by atoms with Crippen molar-refractivity contribution >= 4 is 5.97 Å². The van der Waals surface area contributed by atoms with Crippen LogP contribution < -0.4 is 0 Å². The van der Waals surface area contributed by atoms with Crippen LogP contribution in [0.5, 0.6) is 0 Å². The van der Waals surface area contributed by atoms with E-state index in [0.29, 0.717) is 12.8 Å². The van der Waals surface area contributed by atoms with Crippen LogP contribution >= 0.6 is 0 Å². The Labute approximate surface area is 150 Å². The van der Waals surface area contributed by atoms with E-state index in [0.717, 1.165) is 11.1 Å². The van der Waals surface area contributed by atoms with Crippen LogP contribution in [-0.4, -0.2) is 22.8 Å². The molecule has 0 amide bonds. The zero-order chi connectivity index (χ0) is 18.4. The fourth-order valence-electron chi connectivity index (χ4n) is 2.73. The van der Waals surface area contributed by atoms with E-state index in [2.05, 4.69) is 24.3 Å². The number of hydrogen-bond donors (Lipinski definition) is 1. The van der Waals surface area contributed by atoms with Crippen LogP contribution in [0.2, 0.25) is 0 Å². The molecule has 3 heteroatoms. The molecule has 0 saturated carbocycles. The minimum atomic E-state index is -0.565. The Hall–Kier alpha value is -2.13. The number of hydrogen-bond acceptors (Lipinski definition) is 3. The summed E-state index contributed by atoms with van der Waals surface area (Å²) in [5.41, 5.74) is 2.89. The summed E-state index contributed by atoms with van der Waals surface area (Å²) in [6.07, 6.45) is 0.363. The van der Waals surface area contributed by atoms with Gasteiger partial charge >= 0.3 is 5.97 Å². The summed E-state index contributed by atoms with van der Waals surface area (Å²) < 4.78 is 5.37. The number of esters is 1. The van der Waals surface area contributed by atoms with Crippen LogP contribution in [0, 0.1) is 5.92 Å². The molecule has 0 heterocycles. The van der Waals surface area contributed by atoms with Crippen molar-refractivity contribution in [3.05, 3.63) is 60.2 Å². The first-order valence-electron chi connectivity index (χ1n) is 8.80. The van der Waals surface area contributed by atoms with Gasteiger partial charge in [-0.05, 0) is 50.3 Å². The van der Waals surface area contributed by atoms with Crippen molar-refractivity contribution in [2.24, 2.45) is 5.92 Å². The topological polar surface area (TPSA) is 46.5 Å². The molecule has 1 N–H and O–H groups in total. The van der Waals surface area contributed by atoms with E-state index in [4.69, 9.17) is 4.74 Å². The van der Waals surface area contributed by atoms with Crippen LogP contribution in [0.4, 0.5) is 0 Å². The van der Waals surface area contributed by atoms with E-state index in [9.17, 15) is 9.90 Å². The normalized spacial score (nSPS) is 14.0. The molecule has 134 valence electrons. The highest BCUT2D eigenvalue weighted by atomic mass is 16.6. The Kier molecular flexibility index (Phi) is 6.38. The van der Waals surface area contributed by atoms with E-state index in [1.54, 1.807) is 6.92 Å². The van der Waals surface area contributed by atoms with Crippen LogP contribution in [0.1, 0.15) is 39.7 Å². The molecule has 0 unspecified atom stereocenters. The second-order valence-corrected chi connectivity index (χ2v) is 7.59. The summed E-state index contributed by atoms with van der Waals surface area (Å²) in [7, 11) is 0. The minimum Gasteiger partial charge on any atom is -0.460 e. The van der Waals surface area contributed by atoms with Gasteiger partial charge in [-0.1, -0.05) is 61.5 Å². The van der Waals surface area contributed by atoms with Crippen molar-refractivity contribution in [3.8, 4) is 11.1 Å². The van der Waals surface area contributed by atoms with Gasteiger partial charge in [-0.3, -0.25) is 4.79 Å². The Morgan fingerprint density at radius 2 is 1.56 bits per heavy atom. The van der Waals surface area contributed by atoms with E-state index < -0.39 is 11.7 Å². The molecule has 3 nitrogen and oxygen atoms in total. The van der Waals surface area contributed by atoms with Crippen molar-refractivity contribution in [2.45, 2.75) is 52.2 Å². The molecule has 0 radical (unpaired) electrons. The van der Waals surface area contributed by atoms with Gasteiger partial charge in [0, 0.05) is 0 Å². The molecule has 0 aliphatic rings. The molecule has 0 saturated heterocycles. The summed E-state index contributed by atoms with van der Waals surface area (Å²) in [4.78, 5) is 12.0. The molecule has 2 aromatic carbocycles. The Morgan fingerprint density at radius 3 is 2.12 bits per heavy atom. The van der Waals surface area contributed by atoms with Crippen molar-refractivity contribution in [1.29, 1.82) is 0 Å². The number of carbonyl (C=O) groups excluding carboxylic acids is 1. The van der Waals surface area contributed by atoms with E-state index in [1.165, 1.54) is 5.56 Å². The molecule has 0 fully saturated rings. The molecule has 0 aliphatic heterocycles. The molecule has 2 rings (SSSR count). The molecule has 0 aromatic heterocycles. The van der Waals surface area contributed by atoms with E-state index >= 15 is 0 Å². The largest absolute Gasteiger partial charge is 0.460 e. The maximum atomic E-state index is 12.0. The standard InChI is InChI=1S/C22H28O3/c1-16(21(24)25-22(2,3)4)14-20(23)15-17-10-12-19(13-11-17)18-8-6-5-7-9-18/h5-13,16,20,23H,14-15H2,1-4H3/t16-,20-/m1/s1. The van der Waals surface area contributed by atoms with E-state index in [1.807, 2.05) is 51.1 Å². The van der Waals surface area contributed by atoms with Crippen molar-refractivity contribution in [1.82, 2.24) is 0 Å². The summed E-state index contributed by atoms with van der Waals surface area (Å²) >= 11 is 0. The highest BCUT2D eigenvalue weighted by Gasteiger charge is 2.23. The van der Waals surface area contributed by atoms with Crippen LogP contribution in [0.25, 0.3) is 11.1 Å². The van der Waals surface area contributed by atoms with Crippen molar-refractivity contribution in [2.75, 3.05) is 0 Å². The molecule has 25 heavy (non-hydrogen) atoms. The van der Waals surface area contributed by atoms with Gasteiger partial charge in [-0.2, -0.15) is 0 Å². The lowest BCUT2D eigenvalue weighted by Gasteiger charge is -2.23. The van der Waals surface area contributed by atoms with Gasteiger partial charge in [0.05, 0.1) is 12.0 Å². The fraction of sp³-hybridized carbons (Fsp3) is 0.409. The molecule has 2 aromatic rings. The lowest BCUT2D eigenvalue weighted by Crippen LogP contribution is -2.29. The van der Waals surface area contributed by atoms with Crippen molar-refractivity contribution in [3.63, 3.8) is 0 Å². The third-order valence-corrected chi connectivity index (χ3v) is 3.97. The van der Waals surface area contributed by atoms with Gasteiger partial charge in [0.1, 0.15) is 5.60 Å². The van der Waals surface area contributed by atoms with Gasteiger partial charge in [-0.25, -0.2) is 0 Å². The Bertz CT molecular complexity index is 669. The van der Waals surface area contributed by atoms with Gasteiger partial charge in [0.2, 0.25) is 0 Å². The lowest BCUT2D eigenvalue weighted by atomic mass is 9.96. The molecule has 0 bridgehead atoms. The third kappa shape index (κ3) is 6.35. The predicted molar refractivity (Wildman–Crippen MR) is 101 cm³/mol. The van der Waals surface area contributed by atoms with Crippen LogP contribution in [0.15, 0.2) is 54.6 Å². The average molecular weight is 340 g/mol. The maximum Gasteiger partial charge on any atom is 0.309 e. The molecular weight excluding hydrogens is 312 g/mol. The predicted octanol–water partition coefficient (Wildman–Crippen LogP) is 4.62. The maximum absolute atomic E-state index is 12.0. The van der Waals surface area contributed by atoms with Gasteiger partial charge in [-0.15, -0.1) is 0 Å². The number of benzene rings is 2. The van der Waals surface area contributed by atoms with Gasteiger partial charge in [0.25, 0.3) is 0 Å². The molecule has 0 spiro atoms. The summed E-state index contributed by atoms with van der Waals surface area (Å²) in [5.74, 6) is -0.580. The van der Waals surface area contributed by atoms with Crippen LogP contribution in [0.3, 0.4) is 0 Å². The first-order chi connectivity index (χ1) is 11.7. The van der Waals surface area contributed by atoms with Gasteiger partial charge in [0.15, 0.2) is 0 Å². The SMILES string of the molecule is C[C@H](C[C@@H](O)Cc1ccc(-c2ccccc2)cc1)C(=O)OC(C)(C)C. The first kappa shape index (κ1) is 19.2. The van der Waals surface area contributed by atoms with Gasteiger partial charge < -0.3 is 9.84 Å². The quantitative estimate of drug-likeness (QED) is 0.780. The number of aliphatic hydroxyl groups excluding tert-OH is 1. The number of rotatable bonds is 6. The lowest BCUT2D eigenvalue weighted by molar-refractivity contribution is -0.160. The smallest absolute Gasteiger partial charge is 0.309 e. The van der Waals surface area contributed by atoms with Crippen molar-refractivity contribution < 1.29 is 14.6 Å². The molecule has 0 aliphatic carbocycles. The number of aliphatic hydroxyl groups is 1. The summed E-state index contributed by atoms with van der Waals surface area (Å²) in [6, 6.07) is 18.4. The Morgan fingerprint density at radius 1 is 1.00 bits per heavy atom. The minimum absolute atomic E-state index is 0.258. The summed E-state index contributed by atoms with van der Waals surface area (Å²) in [6.45, 7) is 7.35.